The summed E-state index contributed by atoms with van der Waals surface area (Å²) in [5, 5.41) is 0. The van der Waals surface area contributed by atoms with Gasteiger partial charge in [-0.05, 0) is 39.5 Å². The third-order valence-corrected chi connectivity index (χ3v) is 2.88. The molecule has 1 aliphatic rings. The van der Waals surface area contributed by atoms with E-state index in [2.05, 4.69) is 23.8 Å². The third kappa shape index (κ3) is 8.08. The van der Waals surface area contributed by atoms with E-state index in [0.29, 0.717) is 0 Å². The Labute approximate surface area is 102 Å². The molecule has 0 bridgehead atoms. The van der Waals surface area contributed by atoms with Crippen LogP contribution in [-0.4, -0.2) is 62.8 Å². The van der Waals surface area contributed by atoms with Gasteiger partial charge in [0.15, 0.2) is 0 Å². The van der Waals surface area contributed by atoms with Crippen molar-refractivity contribution in [1.29, 1.82) is 0 Å². The maximum atomic E-state index is 5.58. The molecule has 0 aromatic carbocycles. The van der Waals surface area contributed by atoms with Crippen LogP contribution >= 0.6 is 0 Å². The van der Waals surface area contributed by atoms with Crippen LogP contribution in [0.1, 0.15) is 33.6 Å². The highest BCUT2D eigenvalue weighted by molar-refractivity contribution is 4.59. The van der Waals surface area contributed by atoms with Gasteiger partial charge in [0.25, 0.3) is 0 Å². The molecule has 1 saturated heterocycles. The fraction of sp³-hybridized carbons (Fsp3) is 1.00. The van der Waals surface area contributed by atoms with Gasteiger partial charge in [0.2, 0.25) is 0 Å². The first-order valence-electron chi connectivity index (χ1n) is 6.81. The number of rotatable bonds is 1. The molecule has 0 amide bonds. The van der Waals surface area contributed by atoms with Crippen LogP contribution in [0.25, 0.3) is 0 Å². The van der Waals surface area contributed by atoms with E-state index in [0.717, 1.165) is 32.8 Å². The van der Waals surface area contributed by atoms with Crippen molar-refractivity contribution in [3.05, 3.63) is 0 Å². The molecule has 0 N–H and O–H groups in total. The minimum atomic E-state index is 0.883. The second-order valence-electron chi connectivity index (χ2n) is 4.06. The van der Waals surface area contributed by atoms with Crippen molar-refractivity contribution in [2.45, 2.75) is 33.6 Å². The smallest absolute Gasteiger partial charge is 0.0594 e. The lowest BCUT2D eigenvalue weighted by molar-refractivity contribution is 0.0946. The Hall–Kier alpha value is -0.120. The summed E-state index contributed by atoms with van der Waals surface area (Å²) in [4.78, 5) is 4.84. The fourth-order valence-corrected chi connectivity index (χ4v) is 1.77. The average Bonchev–Trinajstić information content (AvgIpc) is 2.37. The molecule has 0 atom stereocenters. The Kier molecular flexibility index (Phi) is 11.3. The van der Waals surface area contributed by atoms with E-state index in [4.69, 9.17) is 4.74 Å². The zero-order valence-electron chi connectivity index (χ0n) is 11.7. The maximum absolute atomic E-state index is 5.58. The van der Waals surface area contributed by atoms with E-state index in [1.807, 2.05) is 13.8 Å². The van der Waals surface area contributed by atoms with E-state index in [1.54, 1.807) is 0 Å². The Morgan fingerprint density at radius 3 is 2.25 bits per heavy atom. The summed E-state index contributed by atoms with van der Waals surface area (Å²) in [5.74, 6) is 0. The van der Waals surface area contributed by atoms with Crippen LogP contribution in [0.3, 0.4) is 0 Å². The highest BCUT2D eigenvalue weighted by Gasteiger charge is 2.05. The van der Waals surface area contributed by atoms with E-state index in [-0.39, 0.29) is 0 Å². The Morgan fingerprint density at radius 1 is 0.938 bits per heavy atom. The van der Waals surface area contributed by atoms with Crippen LogP contribution in [0, 0.1) is 0 Å². The number of nitrogens with zero attached hydrogens (tertiary/aromatic N) is 2. The SMILES string of the molecule is CC.CCN1CCCCN(C)CCOCC1. The van der Waals surface area contributed by atoms with Gasteiger partial charge in [0.1, 0.15) is 0 Å². The minimum Gasteiger partial charge on any atom is -0.379 e. The summed E-state index contributed by atoms with van der Waals surface area (Å²) in [7, 11) is 2.18. The molecular weight excluding hydrogens is 200 g/mol. The molecule has 0 saturated carbocycles. The zero-order valence-corrected chi connectivity index (χ0v) is 11.7. The third-order valence-electron chi connectivity index (χ3n) is 2.88. The van der Waals surface area contributed by atoms with E-state index >= 15 is 0 Å². The Bertz CT molecular complexity index is 142. The van der Waals surface area contributed by atoms with Gasteiger partial charge in [-0.15, -0.1) is 0 Å². The molecule has 0 unspecified atom stereocenters. The molecule has 0 spiro atoms. The second-order valence-corrected chi connectivity index (χ2v) is 4.06. The van der Waals surface area contributed by atoms with Gasteiger partial charge < -0.3 is 14.5 Å². The first-order valence-corrected chi connectivity index (χ1v) is 6.81. The van der Waals surface area contributed by atoms with Crippen LogP contribution < -0.4 is 0 Å². The topological polar surface area (TPSA) is 15.7 Å². The average molecular weight is 230 g/mol. The summed E-state index contributed by atoms with van der Waals surface area (Å²) in [6.45, 7) is 13.8. The number of ether oxygens (including phenoxy) is 1. The molecule has 1 rings (SSSR count). The second kappa shape index (κ2) is 11.4. The van der Waals surface area contributed by atoms with E-state index in [9.17, 15) is 0 Å². The van der Waals surface area contributed by atoms with Crippen molar-refractivity contribution in [1.82, 2.24) is 9.80 Å². The van der Waals surface area contributed by atoms with Gasteiger partial charge in [-0.1, -0.05) is 20.8 Å². The summed E-state index contributed by atoms with van der Waals surface area (Å²) >= 11 is 0. The van der Waals surface area contributed by atoms with Crippen LogP contribution in [-0.2, 0) is 4.74 Å². The fourth-order valence-electron chi connectivity index (χ4n) is 1.77. The van der Waals surface area contributed by atoms with Gasteiger partial charge in [-0.25, -0.2) is 0 Å². The van der Waals surface area contributed by atoms with Gasteiger partial charge >= 0.3 is 0 Å². The monoisotopic (exact) mass is 230 g/mol. The van der Waals surface area contributed by atoms with Gasteiger partial charge in [-0.2, -0.15) is 0 Å². The molecule has 98 valence electrons. The van der Waals surface area contributed by atoms with Crippen LogP contribution in [0.5, 0.6) is 0 Å². The van der Waals surface area contributed by atoms with E-state index < -0.39 is 0 Å². The molecule has 3 heteroatoms. The van der Waals surface area contributed by atoms with Gasteiger partial charge in [0, 0.05) is 13.1 Å². The highest BCUT2D eigenvalue weighted by Crippen LogP contribution is 1.99. The van der Waals surface area contributed by atoms with Crippen molar-refractivity contribution >= 4 is 0 Å². The highest BCUT2D eigenvalue weighted by atomic mass is 16.5. The predicted octanol–water partition coefficient (Wildman–Crippen LogP) is 2.08. The number of hydrogen-bond donors (Lipinski definition) is 0. The molecular formula is C13H30N2O. The van der Waals surface area contributed by atoms with Crippen molar-refractivity contribution in [3.63, 3.8) is 0 Å². The Morgan fingerprint density at radius 2 is 1.56 bits per heavy atom. The first-order chi connectivity index (χ1) is 7.83. The van der Waals surface area contributed by atoms with E-state index in [1.165, 1.54) is 25.9 Å². The van der Waals surface area contributed by atoms with Crippen molar-refractivity contribution in [2.24, 2.45) is 0 Å². The van der Waals surface area contributed by atoms with Crippen molar-refractivity contribution < 1.29 is 4.74 Å². The lowest BCUT2D eigenvalue weighted by Gasteiger charge is -2.19. The van der Waals surface area contributed by atoms with Gasteiger partial charge in [-0.3, -0.25) is 0 Å². The summed E-state index contributed by atoms with van der Waals surface area (Å²) in [6, 6.07) is 0. The lowest BCUT2D eigenvalue weighted by Crippen LogP contribution is -2.28. The largest absolute Gasteiger partial charge is 0.379 e. The summed E-state index contributed by atoms with van der Waals surface area (Å²) < 4.78 is 5.58. The first kappa shape index (κ1) is 15.9. The summed E-state index contributed by atoms with van der Waals surface area (Å²) in [5.41, 5.74) is 0. The number of hydrogen-bond acceptors (Lipinski definition) is 3. The number of likely N-dealkylation sites (N-methyl/N-ethyl adjacent to an activating group) is 2. The molecule has 0 radical (unpaired) electrons. The molecule has 1 heterocycles. The van der Waals surface area contributed by atoms with Gasteiger partial charge in [0.05, 0.1) is 13.2 Å². The van der Waals surface area contributed by atoms with Crippen LogP contribution in [0.4, 0.5) is 0 Å². The Balaban J connectivity index is 0.00000106. The molecule has 3 nitrogen and oxygen atoms in total. The minimum absolute atomic E-state index is 0.883. The maximum Gasteiger partial charge on any atom is 0.0594 e. The molecule has 0 aliphatic carbocycles. The normalized spacial score (nSPS) is 21.8. The lowest BCUT2D eigenvalue weighted by atomic mass is 10.2. The van der Waals surface area contributed by atoms with Crippen molar-refractivity contribution in [3.8, 4) is 0 Å². The predicted molar refractivity (Wildman–Crippen MR) is 71.0 cm³/mol. The molecule has 1 fully saturated rings. The van der Waals surface area contributed by atoms with Crippen molar-refractivity contribution in [2.75, 3.05) is 53.0 Å². The quantitative estimate of drug-likeness (QED) is 0.686. The molecule has 1 aliphatic heterocycles. The molecule has 0 aromatic heterocycles. The standard InChI is InChI=1S/C11H24N2O.C2H6/c1-3-13-7-5-4-6-12(2)8-10-14-11-9-13;1-2/h3-11H2,1-2H3;1-2H3. The van der Waals surface area contributed by atoms with Crippen LogP contribution in [0.2, 0.25) is 0 Å². The molecule has 0 aromatic rings. The summed E-state index contributed by atoms with van der Waals surface area (Å²) in [6.07, 6.45) is 2.63. The zero-order chi connectivity index (χ0) is 12.2. The van der Waals surface area contributed by atoms with Crippen LogP contribution in [0.15, 0.2) is 0 Å². The molecule has 16 heavy (non-hydrogen) atoms.